The number of carbonyl (C=O) groups excluding carboxylic acids is 3. The van der Waals surface area contributed by atoms with E-state index in [0.717, 1.165) is 18.4 Å². The largest absolute Gasteiger partial charge is 0.482 e. The van der Waals surface area contributed by atoms with Gasteiger partial charge in [0.15, 0.2) is 13.2 Å². The summed E-state index contributed by atoms with van der Waals surface area (Å²) in [6.07, 6.45) is 1.76. The molecule has 0 aliphatic carbocycles. The van der Waals surface area contributed by atoms with Crippen LogP contribution in [0.2, 0.25) is 0 Å². The van der Waals surface area contributed by atoms with Crippen LogP contribution in [0.3, 0.4) is 0 Å². The maximum Gasteiger partial charge on any atom is 0.344 e. The summed E-state index contributed by atoms with van der Waals surface area (Å²) in [5, 5.41) is 2.59. The highest BCUT2D eigenvalue weighted by atomic mass is 16.6. The fourth-order valence-corrected chi connectivity index (χ4v) is 2.32. The molecule has 0 saturated heterocycles. The molecule has 154 valence electrons. The Bertz CT molecular complexity index is 831. The standard InChI is InChI=1S/C22H25NO6/c1-3-4-13-27-22(26)17-9-11-18(12-10-17)23-20(24)14-29-21(25)15-28-19-8-6-5-7-16(19)2/h5-12H,3-4,13-15H2,1-2H3,(H,23,24). The molecule has 1 amide bonds. The molecule has 2 rings (SSSR count). The number of ether oxygens (including phenoxy) is 3. The number of aryl methyl sites for hydroxylation is 1. The smallest absolute Gasteiger partial charge is 0.344 e. The Hall–Kier alpha value is -3.35. The molecule has 0 radical (unpaired) electrons. The van der Waals surface area contributed by atoms with Crippen LogP contribution in [0, 0.1) is 6.92 Å². The van der Waals surface area contributed by atoms with Gasteiger partial charge in [0.25, 0.3) is 5.91 Å². The molecule has 0 fully saturated rings. The lowest BCUT2D eigenvalue weighted by atomic mass is 10.2. The minimum Gasteiger partial charge on any atom is -0.482 e. The van der Waals surface area contributed by atoms with Gasteiger partial charge in [0.05, 0.1) is 12.2 Å². The number of rotatable bonds is 10. The van der Waals surface area contributed by atoms with E-state index in [4.69, 9.17) is 14.2 Å². The van der Waals surface area contributed by atoms with Crippen molar-refractivity contribution in [3.8, 4) is 5.75 Å². The summed E-state index contributed by atoms with van der Waals surface area (Å²) in [6.45, 7) is 3.54. The van der Waals surface area contributed by atoms with Crippen molar-refractivity contribution in [1.29, 1.82) is 0 Å². The van der Waals surface area contributed by atoms with E-state index in [1.54, 1.807) is 36.4 Å². The monoisotopic (exact) mass is 399 g/mol. The van der Waals surface area contributed by atoms with Crippen molar-refractivity contribution in [2.45, 2.75) is 26.7 Å². The highest BCUT2D eigenvalue weighted by Crippen LogP contribution is 2.16. The second kappa shape index (κ2) is 11.5. The van der Waals surface area contributed by atoms with Gasteiger partial charge in [0.2, 0.25) is 0 Å². The Morgan fingerprint density at radius 2 is 1.66 bits per heavy atom. The Labute approximate surface area is 170 Å². The number of amides is 1. The molecule has 1 N–H and O–H groups in total. The van der Waals surface area contributed by atoms with Gasteiger partial charge >= 0.3 is 11.9 Å². The van der Waals surface area contributed by atoms with E-state index in [2.05, 4.69) is 5.32 Å². The van der Waals surface area contributed by atoms with Crippen molar-refractivity contribution in [2.75, 3.05) is 25.1 Å². The fourth-order valence-electron chi connectivity index (χ4n) is 2.32. The second-order valence-electron chi connectivity index (χ2n) is 6.33. The molecular formula is C22H25NO6. The molecule has 0 aliphatic rings. The molecule has 0 bridgehead atoms. The quantitative estimate of drug-likeness (QED) is 0.486. The van der Waals surface area contributed by atoms with Gasteiger partial charge in [-0.2, -0.15) is 0 Å². The minimum absolute atomic E-state index is 0.285. The summed E-state index contributed by atoms with van der Waals surface area (Å²) in [6, 6.07) is 13.6. The number of para-hydroxylation sites is 1. The van der Waals surface area contributed by atoms with Gasteiger partial charge in [-0.15, -0.1) is 0 Å². The van der Waals surface area contributed by atoms with E-state index >= 15 is 0 Å². The lowest BCUT2D eigenvalue weighted by molar-refractivity contribution is -0.149. The highest BCUT2D eigenvalue weighted by Gasteiger charge is 2.11. The van der Waals surface area contributed by atoms with Crippen molar-refractivity contribution >= 4 is 23.5 Å². The first-order valence-corrected chi connectivity index (χ1v) is 9.40. The van der Waals surface area contributed by atoms with Crippen LogP contribution in [0.25, 0.3) is 0 Å². The summed E-state index contributed by atoms with van der Waals surface area (Å²) < 4.78 is 15.4. The third kappa shape index (κ3) is 7.65. The maximum atomic E-state index is 11.9. The van der Waals surface area contributed by atoms with Crippen LogP contribution in [-0.4, -0.2) is 37.7 Å². The van der Waals surface area contributed by atoms with E-state index in [0.29, 0.717) is 23.6 Å². The van der Waals surface area contributed by atoms with Gasteiger partial charge in [0.1, 0.15) is 5.75 Å². The molecule has 2 aromatic rings. The lowest BCUT2D eigenvalue weighted by Crippen LogP contribution is -2.23. The Balaban J connectivity index is 1.72. The Morgan fingerprint density at radius 1 is 0.931 bits per heavy atom. The van der Waals surface area contributed by atoms with E-state index < -0.39 is 24.5 Å². The van der Waals surface area contributed by atoms with Crippen LogP contribution in [0.1, 0.15) is 35.7 Å². The molecule has 0 saturated carbocycles. The number of carbonyl (C=O) groups is 3. The predicted octanol–water partition coefficient (Wildman–Crippen LogP) is 3.51. The van der Waals surface area contributed by atoms with Gasteiger partial charge in [-0.25, -0.2) is 9.59 Å². The van der Waals surface area contributed by atoms with Crippen molar-refractivity contribution < 1.29 is 28.6 Å². The number of esters is 2. The first kappa shape index (κ1) is 21.9. The number of benzene rings is 2. The zero-order valence-electron chi connectivity index (χ0n) is 16.6. The van der Waals surface area contributed by atoms with Crippen LogP contribution in [-0.2, 0) is 19.1 Å². The zero-order chi connectivity index (χ0) is 21.1. The zero-order valence-corrected chi connectivity index (χ0v) is 16.6. The molecule has 7 heteroatoms. The number of anilines is 1. The van der Waals surface area contributed by atoms with Crippen molar-refractivity contribution in [2.24, 2.45) is 0 Å². The first-order chi connectivity index (χ1) is 14.0. The molecule has 7 nitrogen and oxygen atoms in total. The van der Waals surface area contributed by atoms with Crippen molar-refractivity contribution in [1.82, 2.24) is 0 Å². The van der Waals surface area contributed by atoms with Crippen LogP contribution < -0.4 is 10.1 Å². The number of unbranched alkanes of at least 4 members (excludes halogenated alkanes) is 1. The fraction of sp³-hybridized carbons (Fsp3) is 0.318. The molecule has 0 heterocycles. The highest BCUT2D eigenvalue weighted by molar-refractivity contribution is 5.94. The van der Waals surface area contributed by atoms with Gasteiger partial charge in [-0.05, 0) is 49.2 Å². The molecular weight excluding hydrogens is 374 g/mol. The van der Waals surface area contributed by atoms with Crippen LogP contribution >= 0.6 is 0 Å². The van der Waals surface area contributed by atoms with Crippen molar-refractivity contribution in [3.05, 3.63) is 59.7 Å². The number of hydrogen-bond donors (Lipinski definition) is 1. The molecule has 29 heavy (non-hydrogen) atoms. The Morgan fingerprint density at radius 3 is 2.34 bits per heavy atom. The van der Waals surface area contributed by atoms with Gasteiger partial charge in [0, 0.05) is 5.69 Å². The van der Waals surface area contributed by atoms with Gasteiger partial charge in [-0.1, -0.05) is 31.5 Å². The third-order valence-electron chi connectivity index (χ3n) is 3.94. The molecule has 0 aromatic heterocycles. The molecule has 2 aromatic carbocycles. The summed E-state index contributed by atoms with van der Waals surface area (Å²) in [4.78, 5) is 35.5. The SMILES string of the molecule is CCCCOC(=O)c1ccc(NC(=O)COC(=O)COc2ccccc2C)cc1. The number of hydrogen-bond acceptors (Lipinski definition) is 6. The van der Waals surface area contributed by atoms with Gasteiger partial charge < -0.3 is 19.5 Å². The van der Waals surface area contributed by atoms with E-state index in [9.17, 15) is 14.4 Å². The third-order valence-corrected chi connectivity index (χ3v) is 3.94. The average molecular weight is 399 g/mol. The molecule has 0 spiro atoms. The first-order valence-electron chi connectivity index (χ1n) is 9.40. The summed E-state index contributed by atoms with van der Waals surface area (Å²) in [5.41, 5.74) is 1.78. The van der Waals surface area contributed by atoms with E-state index in [-0.39, 0.29) is 6.61 Å². The van der Waals surface area contributed by atoms with Gasteiger partial charge in [-0.3, -0.25) is 4.79 Å². The molecule has 0 atom stereocenters. The second-order valence-corrected chi connectivity index (χ2v) is 6.33. The maximum absolute atomic E-state index is 11.9. The van der Waals surface area contributed by atoms with Crippen LogP contribution in [0.5, 0.6) is 5.75 Å². The molecule has 0 unspecified atom stereocenters. The Kier molecular flexibility index (Phi) is 8.69. The molecule has 0 aliphatic heterocycles. The van der Waals surface area contributed by atoms with E-state index in [1.807, 2.05) is 26.0 Å². The topological polar surface area (TPSA) is 90.9 Å². The lowest BCUT2D eigenvalue weighted by Gasteiger charge is -2.09. The summed E-state index contributed by atoms with van der Waals surface area (Å²) in [5.74, 6) is -0.956. The number of nitrogens with one attached hydrogen (secondary N) is 1. The minimum atomic E-state index is -0.645. The van der Waals surface area contributed by atoms with Crippen LogP contribution in [0.15, 0.2) is 48.5 Å². The average Bonchev–Trinajstić information content (AvgIpc) is 2.72. The normalized spacial score (nSPS) is 10.1. The van der Waals surface area contributed by atoms with Crippen molar-refractivity contribution in [3.63, 3.8) is 0 Å². The summed E-state index contributed by atoms with van der Waals surface area (Å²) >= 11 is 0. The summed E-state index contributed by atoms with van der Waals surface area (Å²) in [7, 11) is 0. The predicted molar refractivity (Wildman–Crippen MR) is 108 cm³/mol. The van der Waals surface area contributed by atoms with E-state index in [1.165, 1.54) is 0 Å². The van der Waals surface area contributed by atoms with Crippen LogP contribution in [0.4, 0.5) is 5.69 Å².